The maximum atomic E-state index is 12.8. The third kappa shape index (κ3) is 3.40. The summed E-state index contributed by atoms with van der Waals surface area (Å²) in [6.45, 7) is 5.63. The van der Waals surface area contributed by atoms with Crippen LogP contribution in [0.3, 0.4) is 0 Å². The standard InChI is InChI=1S/C14H16FN3O2/c1-14(2,3)13(19)16-8-11-17-12(18-20-11)9-4-6-10(15)7-5-9/h4-7H,8H2,1-3H3,(H,16,19). The number of rotatable bonds is 3. The van der Waals surface area contributed by atoms with Gasteiger partial charge in [-0.2, -0.15) is 4.98 Å². The van der Waals surface area contributed by atoms with Crippen LogP contribution in [0.2, 0.25) is 0 Å². The number of carbonyl (C=O) groups is 1. The van der Waals surface area contributed by atoms with E-state index in [1.165, 1.54) is 12.1 Å². The zero-order valence-corrected chi connectivity index (χ0v) is 11.6. The van der Waals surface area contributed by atoms with Crippen molar-refractivity contribution in [1.82, 2.24) is 15.5 Å². The molecule has 1 aromatic heterocycles. The molecule has 0 aliphatic heterocycles. The molecule has 0 spiro atoms. The highest BCUT2D eigenvalue weighted by Crippen LogP contribution is 2.16. The minimum Gasteiger partial charge on any atom is -0.347 e. The van der Waals surface area contributed by atoms with Crippen LogP contribution in [0.1, 0.15) is 26.7 Å². The fourth-order valence-corrected chi connectivity index (χ4v) is 1.46. The highest BCUT2D eigenvalue weighted by molar-refractivity contribution is 5.81. The predicted molar refractivity (Wildman–Crippen MR) is 71.0 cm³/mol. The van der Waals surface area contributed by atoms with Gasteiger partial charge in [0.2, 0.25) is 17.6 Å². The monoisotopic (exact) mass is 277 g/mol. The summed E-state index contributed by atoms with van der Waals surface area (Å²) in [5.74, 6) is 0.251. The number of amides is 1. The molecule has 6 heteroatoms. The lowest BCUT2D eigenvalue weighted by molar-refractivity contribution is -0.128. The number of nitrogens with zero attached hydrogens (tertiary/aromatic N) is 2. The molecule has 1 N–H and O–H groups in total. The summed E-state index contributed by atoms with van der Waals surface area (Å²) in [5, 5.41) is 6.51. The number of nitrogens with one attached hydrogen (secondary N) is 1. The molecule has 0 fully saturated rings. The van der Waals surface area contributed by atoms with Gasteiger partial charge in [-0.1, -0.05) is 25.9 Å². The number of hydrogen-bond acceptors (Lipinski definition) is 4. The van der Waals surface area contributed by atoms with E-state index in [9.17, 15) is 9.18 Å². The van der Waals surface area contributed by atoms with E-state index in [-0.39, 0.29) is 18.3 Å². The Labute approximate surface area is 116 Å². The lowest BCUT2D eigenvalue weighted by Crippen LogP contribution is -2.34. The van der Waals surface area contributed by atoms with Crippen LogP contribution in [0.4, 0.5) is 4.39 Å². The van der Waals surface area contributed by atoms with Crippen LogP contribution < -0.4 is 5.32 Å². The van der Waals surface area contributed by atoms with Crippen molar-refractivity contribution in [3.8, 4) is 11.4 Å². The van der Waals surface area contributed by atoms with Crippen molar-refractivity contribution in [3.05, 3.63) is 36.0 Å². The van der Waals surface area contributed by atoms with Crippen LogP contribution in [0.15, 0.2) is 28.8 Å². The SMILES string of the molecule is CC(C)(C)C(=O)NCc1nc(-c2ccc(F)cc2)no1. The molecule has 1 aromatic carbocycles. The molecule has 0 unspecified atom stereocenters. The summed E-state index contributed by atoms with van der Waals surface area (Å²) in [7, 11) is 0. The third-order valence-electron chi connectivity index (χ3n) is 2.65. The van der Waals surface area contributed by atoms with Crippen LogP contribution in [-0.4, -0.2) is 16.0 Å². The molecule has 1 amide bonds. The van der Waals surface area contributed by atoms with Crippen molar-refractivity contribution in [2.45, 2.75) is 27.3 Å². The molecule has 0 radical (unpaired) electrons. The quantitative estimate of drug-likeness (QED) is 0.936. The third-order valence-corrected chi connectivity index (χ3v) is 2.65. The Morgan fingerprint density at radius 2 is 1.95 bits per heavy atom. The van der Waals surface area contributed by atoms with Crippen LogP contribution in [-0.2, 0) is 11.3 Å². The maximum absolute atomic E-state index is 12.8. The molecule has 0 bridgehead atoms. The van der Waals surface area contributed by atoms with Crippen LogP contribution in [0.25, 0.3) is 11.4 Å². The van der Waals surface area contributed by atoms with Crippen molar-refractivity contribution in [1.29, 1.82) is 0 Å². The summed E-state index contributed by atoms with van der Waals surface area (Å²) < 4.78 is 17.9. The number of halogens is 1. The lowest BCUT2D eigenvalue weighted by Gasteiger charge is -2.16. The molecular formula is C14H16FN3O2. The van der Waals surface area contributed by atoms with E-state index < -0.39 is 5.41 Å². The lowest BCUT2D eigenvalue weighted by atomic mass is 9.96. The first-order chi connectivity index (χ1) is 9.36. The largest absolute Gasteiger partial charge is 0.347 e. The van der Waals surface area contributed by atoms with Gasteiger partial charge in [-0.3, -0.25) is 4.79 Å². The van der Waals surface area contributed by atoms with Crippen molar-refractivity contribution in [3.63, 3.8) is 0 Å². The van der Waals surface area contributed by atoms with Crippen LogP contribution in [0, 0.1) is 11.2 Å². The average Bonchev–Trinajstić information content (AvgIpc) is 2.84. The van der Waals surface area contributed by atoms with Crippen molar-refractivity contribution >= 4 is 5.91 Å². The maximum Gasteiger partial charge on any atom is 0.246 e. The second-order valence-electron chi connectivity index (χ2n) is 5.45. The molecule has 2 rings (SSSR count). The van der Waals surface area contributed by atoms with Gasteiger partial charge < -0.3 is 9.84 Å². The Kier molecular flexibility index (Phi) is 3.83. The second kappa shape index (κ2) is 5.40. The number of carbonyl (C=O) groups excluding carboxylic acids is 1. The van der Waals surface area contributed by atoms with Gasteiger partial charge in [0.25, 0.3) is 0 Å². The summed E-state index contributed by atoms with van der Waals surface area (Å²) in [4.78, 5) is 15.9. The van der Waals surface area contributed by atoms with Gasteiger partial charge in [0.15, 0.2) is 0 Å². The first-order valence-electron chi connectivity index (χ1n) is 6.23. The zero-order chi connectivity index (χ0) is 14.8. The predicted octanol–water partition coefficient (Wildman–Crippen LogP) is 2.54. The Hall–Kier alpha value is -2.24. The molecule has 106 valence electrons. The topological polar surface area (TPSA) is 68.0 Å². The van der Waals surface area contributed by atoms with Crippen molar-refractivity contribution in [2.75, 3.05) is 0 Å². The van der Waals surface area contributed by atoms with Gasteiger partial charge in [-0.05, 0) is 24.3 Å². The fraction of sp³-hybridized carbons (Fsp3) is 0.357. The van der Waals surface area contributed by atoms with Gasteiger partial charge in [0, 0.05) is 11.0 Å². The van der Waals surface area contributed by atoms with Crippen LogP contribution >= 0.6 is 0 Å². The molecule has 0 atom stereocenters. The Balaban J connectivity index is 2.03. The summed E-state index contributed by atoms with van der Waals surface area (Å²) in [6, 6.07) is 5.79. The molecule has 5 nitrogen and oxygen atoms in total. The van der Waals surface area contributed by atoms with E-state index in [0.29, 0.717) is 17.3 Å². The van der Waals surface area contributed by atoms with Crippen LogP contribution in [0.5, 0.6) is 0 Å². The molecule has 1 heterocycles. The number of aromatic nitrogens is 2. The molecular weight excluding hydrogens is 261 g/mol. The van der Waals surface area contributed by atoms with Gasteiger partial charge in [-0.25, -0.2) is 4.39 Å². The molecule has 20 heavy (non-hydrogen) atoms. The van der Waals surface area contributed by atoms with E-state index in [4.69, 9.17) is 4.52 Å². The van der Waals surface area contributed by atoms with E-state index >= 15 is 0 Å². The normalized spacial score (nSPS) is 11.4. The second-order valence-corrected chi connectivity index (χ2v) is 5.45. The highest BCUT2D eigenvalue weighted by Gasteiger charge is 2.21. The van der Waals surface area contributed by atoms with E-state index in [2.05, 4.69) is 15.5 Å². The Bertz CT molecular complexity index is 600. The first-order valence-corrected chi connectivity index (χ1v) is 6.23. The summed E-state index contributed by atoms with van der Waals surface area (Å²) in [5.41, 5.74) is 0.184. The minimum absolute atomic E-state index is 0.0981. The number of benzene rings is 1. The average molecular weight is 277 g/mol. The first kappa shape index (κ1) is 14.2. The zero-order valence-electron chi connectivity index (χ0n) is 11.6. The smallest absolute Gasteiger partial charge is 0.246 e. The van der Waals surface area contributed by atoms with Gasteiger partial charge in [-0.15, -0.1) is 0 Å². The Morgan fingerprint density at radius 3 is 2.55 bits per heavy atom. The molecule has 0 aliphatic rings. The molecule has 0 aliphatic carbocycles. The van der Waals surface area contributed by atoms with Gasteiger partial charge >= 0.3 is 0 Å². The van der Waals surface area contributed by atoms with Gasteiger partial charge in [0.1, 0.15) is 5.82 Å². The molecule has 2 aromatic rings. The minimum atomic E-state index is -0.472. The van der Waals surface area contributed by atoms with E-state index in [0.717, 1.165) is 0 Å². The van der Waals surface area contributed by atoms with Crippen molar-refractivity contribution < 1.29 is 13.7 Å². The molecule has 0 saturated carbocycles. The van der Waals surface area contributed by atoms with E-state index in [1.54, 1.807) is 12.1 Å². The van der Waals surface area contributed by atoms with E-state index in [1.807, 2.05) is 20.8 Å². The summed E-state index contributed by atoms with van der Waals surface area (Å²) >= 11 is 0. The highest BCUT2D eigenvalue weighted by atomic mass is 19.1. The fourth-order valence-electron chi connectivity index (χ4n) is 1.46. The number of hydrogen-bond donors (Lipinski definition) is 1. The molecule has 0 saturated heterocycles. The summed E-state index contributed by atoms with van der Waals surface area (Å²) in [6.07, 6.45) is 0. The van der Waals surface area contributed by atoms with Gasteiger partial charge in [0.05, 0.1) is 6.54 Å². The van der Waals surface area contributed by atoms with Crippen molar-refractivity contribution in [2.24, 2.45) is 5.41 Å². The Morgan fingerprint density at radius 1 is 1.30 bits per heavy atom.